The van der Waals surface area contributed by atoms with Crippen molar-refractivity contribution < 1.29 is 14.6 Å². The molecule has 2 aliphatic heterocycles. The summed E-state index contributed by atoms with van der Waals surface area (Å²) in [6, 6.07) is 0.192. The van der Waals surface area contributed by atoms with Crippen molar-refractivity contribution in [2.24, 2.45) is 11.7 Å². The molecule has 2 heterocycles. The molecule has 96 valence electrons. The number of carbonyl (C=O) groups is 1. The Bertz CT molecular complexity index is 301. The number of hydrogen-bond donors (Lipinski definition) is 2. The van der Waals surface area contributed by atoms with E-state index >= 15 is 0 Å². The normalized spacial score (nSPS) is 35.8. The van der Waals surface area contributed by atoms with Gasteiger partial charge in [-0.05, 0) is 32.1 Å². The van der Waals surface area contributed by atoms with Gasteiger partial charge in [-0.1, -0.05) is 12.2 Å². The number of carboxylic acid groups (broad SMARTS) is 1. The van der Waals surface area contributed by atoms with E-state index in [1.54, 1.807) is 0 Å². The predicted octanol–water partition coefficient (Wildman–Crippen LogP) is 1.69. The molecule has 0 aromatic rings. The monoisotopic (exact) mass is 239 g/mol. The van der Waals surface area contributed by atoms with E-state index in [2.05, 4.69) is 12.2 Å². The van der Waals surface area contributed by atoms with Crippen molar-refractivity contribution in [3.8, 4) is 0 Å². The minimum absolute atomic E-state index is 0.192. The highest BCUT2D eigenvalue weighted by atomic mass is 16.5. The van der Waals surface area contributed by atoms with Gasteiger partial charge >= 0.3 is 5.97 Å². The second kappa shape index (κ2) is 5.65. The molecule has 0 spiro atoms. The maximum Gasteiger partial charge on any atom is 0.303 e. The fourth-order valence-corrected chi connectivity index (χ4v) is 2.86. The molecule has 4 nitrogen and oxygen atoms in total. The Morgan fingerprint density at radius 2 is 2.12 bits per heavy atom. The Balaban J connectivity index is 1.65. The van der Waals surface area contributed by atoms with Gasteiger partial charge < -0.3 is 15.6 Å². The van der Waals surface area contributed by atoms with Gasteiger partial charge in [-0.15, -0.1) is 0 Å². The highest BCUT2D eigenvalue weighted by molar-refractivity contribution is 5.66. The molecule has 0 amide bonds. The van der Waals surface area contributed by atoms with Crippen molar-refractivity contribution in [1.82, 2.24) is 0 Å². The number of carboxylic acids is 1. The van der Waals surface area contributed by atoms with Gasteiger partial charge in [0, 0.05) is 18.4 Å². The summed E-state index contributed by atoms with van der Waals surface area (Å²) in [5.41, 5.74) is 6.11. The van der Waals surface area contributed by atoms with Gasteiger partial charge in [0.2, 0.25) is 0 Å². The molecule has 4 heteroatoms. The molecule has 0 radical (unpaired) electrons. The van der Waals surface area contributed by atoms with Crippen LogP contribution in [0.5, 0.6) is 0 Å². The zero-order valence-electron chi connectivity index (χ0n) is 10.0. The third-order valence-corrected chi connectivity index (χ3v) is 3.82. The summed E-state index contributed by atoms with van der Waals surface area (Å²) in [5, 5.41) is 8.49. The Morgan fingerprint density at radius 1 is 1.35 bits per heavy atom. The first-order valence-electron chi connectivity index (χ1n) is 6.46. The molecule has 0 saturated carbocycles. The molecule has 3 N–H and O–H groups in total. The standard InChI is InChI=1S/C13H21NO3/c14-13-9(10-7-8-11(13)17-10)5-3-1-2-4-6-12(15)16/h1,3,9-11,13H,2,4-8,14H2,(H,15,16)/b3-1-/t9-,10+,11-,13+/m1/s1. The Morgan fingerprint density at radius 3 is 2.76 bits per heavy atom. The molecule has 2 bridgehead atoms. The van der Waals surface area contributed by atoms with Crippen molar-refractivity contribution in [3.63, 3.8) is 0 Å². The summed E-state index contributed by atoms with van der Waals surface area (Å²) in [6.45, 7) is 0. The van der Waals surface area contributed by atoms with Crippen molar-refractivity contribution in [3.05, 3.63) is 12.2 Å². The Labute approximate surface area is 102 Å². The molecular formula is C13H21NO3. The smallest absolute Gasteiger partial charge is 0.303 e. The van der Waals surface area contributed by atoms with Crippen LogP contribution in [0, 0.1) is 5.92 Å². The van der Waals surface area contributed by atoms with Crippen molar-refractivity contribution in [2.45, 2.75) is 56.8 Å². The van der Waals surface area contributed by atoms with Crippen LogP contribution in [0.3, 0.4) is 0 Å². The van der Waals surface area contributed by atoms with Crippen LogP contribution in [0.1, 0.15) is 38.5 Å². The summed E-state index contributed by atoms with van der Waals surface area (Å²) in [4.78, 5) is 10.3. The number of fused-ring (bicyclic) bond motifs is 2. The SMILES string of the molecule is N[C@H]1[C@H](C/C=C\CCCC(=O)O)[C@@H]2CC[C@H]1O2. The minimum Gasteiger partial charge on any atom is -0.481 e. The van der Waals surface area contributed by atoms with Crippen LogP contribution >= 0.6 is 0 Å². The molecule has 0 unspecified atom stereocenters. The average molecular weight is 239 g/mol. The van der Waals surface area contributed by atoms with Gasteiger partial charge in [0.25, 0.3) is 0 Å². The number of hydrogen-bond acceptors (Lipinski definition) is 3. The van der Waals surface area contributed by atoms with Crippen LogP contribution in [-0.2, 0) is 9.53 Å². The van der Waals surface area contributed by atoms with Gasteiger partial charge in [0.05, 0.1) is 12.2 Å². The summed E-state index contributed by atoms with van der Waals surface area (Å²) < 4.78 is 5.77. The number of ether oxygens (including phenoxy) is 1. The molecule has 0 aliphatic carbocycles. The highest BCUT2D eigenvalue weighted by Gasteiger charge is 2.46. The van der Waals surface area contributed by atoms with Crippen LogP contribution in [0.2, 0.25) is 0 Å². The van der Waals surface area contributed by atoms with Gasteiger partial charge in [0.1, 0.15) is 0 Å². The lowest BCUT2D eigenvalue weighted by Gasteiger charge is -2.23. The average Bonchev–Trinajstić information content (AvgIpc) is 2.85. The summed E-state index contributed by atoms with van der Waals surface area (Å²) in [7, 11) is 0. The summed E-state index contributed by atoms with van der Waals surface area (Å²) in [6.07, 6.45) is 9.88. The van der Waals surface area contributed by atoms with Crippen molar-refractivity contribution in [2.75, 3.05) is 0 Å². The number of rotatable bonds is 6. The largest absolute Gasteiger partial charge is 0.481 e. The number of nitrogens with two attached hydrogens (primary N) is 1. The van der Waals surface area contributed by atoms with Crippen molar-refractivity contribution >= 4 is 5.97 Å². The minimum atomic E-state index is -0.720. The lowest BCUT2D eigenvalue weighted by Crippen LogP contribution is -2.39. The third kappa shape index (κ3) is 3.07. The zero-order valence-corrected chi connectivity index (χ0v) is 10.0. The zero-order chi connectivity index (χ0) is 12.3. The van der Waals surface area contributed by atoms with Gasteiger partial charge in [-0.2, -0.15) is 0 Å². The predicted molar refractivity (Wildman–Crippen MR) is 64.6 cm³/mol. The summed E-state index contributed by atoms with van der Waals surface area (Å²) in [5.74, 6) is -0.258. The number of aliphatic carboxylic acids is 1. The second-order valence-corrected chi connectivity index (χ2v) is 5.02. The lowest BCUT2D eigenvalue weighted by molar-refractivity contribution is -0.137. The second-order valence-electron chi connectivity index (χ2n) is 5.02. The molecule has 0 aromatic carbocycles. The maximum absolute atomic E-state index is 10.3. The van der Waals surface area contributed by atoms with E-state index in [-0.39, 0.29) is 18.6 Å². The molecule has 17 heavy (non-hydrogen) atoms. The molecule has 2 rings (SSSR count). The summed E-state index contributed by atoms with van der Waals surface area (Å²) >= 11 is 0. The van der Waals surface area contributed by atoms with E-state index in [1.165, 1.54) is 0 Å². The van der Waals surface area contributed by atoms with E-state index in [0.29, 0.717) is 18.4 Å². The van der Waals surface area contributed by atoms with E-state index in [4.69, 9.17) is 15.6 Å². The molecule has 2 aliphatic rings. The number of allylic oxidation sites excluding steroid dienone is 2. The van der Waals surface area contributed by atoms with Crippen LogP contribution in [0.4, 0.5) is 0 Å². The first kappa shape index (κ1) is 12.6. The van der Waals surface area contributed by atoms with E-state index in [1.807, 2.05) is 0 Å². The van der Waals surface area contributed by atoms with Crippen molar-refractivity contribution in [1.29, 1.82) is 0 Å². The quantitative estimate of drug-likeness (QED) is 0.546. The Hall–Kier alpha value is -0.870. The third-order valence-electron chi connectivity index (χ3n) is 3.82. The van der Waals surface area contributed by atoms with E-state index in [9.17, 15) is 4.79 Å². The molecule has 4 atom stereocenters. The molecule has 2 saturated heterocycles. The fraction of sp³-hybridized carbons (Fsp3) is 0.769. The van der Waals surface area contributed by atoms with Gasteiger partial charge in [0.15, 0.2) is 0 Å². The van der Waals surface area contributed by atoms with Crippen LogP contribution in [0.25, 0.3) is 0 Å². The van der Waals surface area contributed by atoms with E-state index < -0.39 is 5.97 Å². The van der Waals surface area contributed by atoms with Gasteiger partial charge in [-0.3, -0.25) is 4.79 Å². The van der Waals surface area contributed by atoms with Crippen LogP contribution in [0.15, 0.2) is 12.2 Å². The molecule has 2 fully saturated rings. The highest BCUT2D eigenvalue weighted by Crippen LogP contribution is 2.39. The molecule has 0 aromatic heterocycles. The first-order valence-corrected chi connectivity index (χ1v) is 6.46. The number of unbranched alkanes of at least 4 members (excludes halogenated alkanes) is 1. The molecular weight excluding hydrogens is 218 g/mol. The Kier molecular flexibility index (Phi) is 4.18. The maximum atomic E-state index is 10.3. The fourth-order valence-electron chi connectivity index (χ4n) is 2.86. The van der Waals surface area contributed by atoms with E-state index in [0.717, 1.165) is 25.7 Å². The topological polar surface area (TPSA) is 72.6 Å². The van der Waals surface area contributed by atoms with Gasteiger partial charge in [-0.25, -0.2) is 0 Å². The van der Waals surface area contributed by atoms with Crippen LogP contribution < -0.4 is 5.73 Å². The lowest BCUT2D eigenvalue weighted by atomic mass is 9.83. The first-order chi connectivity index (χ1) is 8.18. The van der Waals surface area contributed by atoms with Crippen LogP contribution in [-0.4, -0.2) is 29.3 Å².